The average molecular weight is 488 g/mol. The van der Waals surface area contributed by atoms with Gasteiger partial charge in [0.05, 0.1) is 0 Å². The minimum absolute atomic E-state index is 0.209. The molecule has 3 aromatic carbocycles. The number of unbranched alkanes of at least 4 members (excludes halogenated alkanes) is 2. The summed E-state index contributed by atoms with van der Waals surface area (Å²) in [5.74, 6) is 0.880. The zero-order valence-corrected chi connectivity index (χ0v) is 22.6. The van der Waals surface area contributed by atoms with E-state index in [0.717, 1.165) is 37.9 Å². The van der Waals surface area contributed by atoms with E-state index in [-0.39, 0.29) is 12.4 Å². The summed E-state index contributed by atoms with van der Waals surface area (Å²) in [4.78, 5) is 0. The van der Waals surface area contributed by atoms with Gasteiger partial charge < -0.3 is 15.5 Å². The van der Waals surface area contributed by atoms with Crippen molar-refractivity contribution in [3.05, 3.63) is 101 Å². The Balaban J connectivity index is 0.000000694. The molecule has 1 aliphatic heterocycles. The maximum Gasteiger partial charge on any atom is 0.115 e. The first-order valence-electron chi connectivity index (χ1n) is 13.7. The van der Waals surface area contributed by atoms with Crippen molar-refractivity contribution in [1.82, 2.24) is 5.32 Å². The Bertz CT molecular complexity index is 1000. The third kappa shape index (κ3) is 8.65. The molecule has 0 bridgehead atoms. The van der Waals surface area contributed by atoms with Crippen LogP contribution in [0.5, 0.6) is 5.75 Å². The molecule has 0 aromatic heterocycles. The summed E-state index contributed by atoms with van der Waals surface area (Å²) in [6, 6.07) is 26.9. The number of phenolic OH excluding ortho intramolecular Hbond substituents is 1. The van der Waals surface area contributed by atoms with Crippen LogP contribution in [0.2, 0.25) is 0 Å². The van der Waals surface area contributed by atoms with Crippen LogP contribution in [0, 0.1) is 0 Å². The summed E-state index contributed by atoms with van der Waals surface area (Å²) in [6.45, 7) is 10.7. The molecule has 1 heterocycles. The molecule has 36 heavy (non-hydrogen) atoms. The smallest absolute Gasteiger partial charge is 0.115 e. The van der Waals surface area contributed by atoms with E-state index in [1.807, 2.05) is 32.0 Å². The topological polar surface area (TPSA) is 52.5 Å². The lowest BCUT2D eigenvalue weighted by Gasteiger charge is -2.27. The molecular formula is C33H45NO2. The zero-order chi connectivity index (χ0) is 26.2. The highest BCUT2D eigenvalue weighted by atomic mass is 16.3. The van der Waals surface area contributed by atoms with Crippen LogP contribution >= 0.6 is 0 Å². The number of hydrogen-bond acceptors (Lipinski definition) is 3. The number of phenols is 1. The molecule has 0 unspecified atom stereocenters. The van der Waals surface area contributed by atoms with Crippen molar-refractivity contribution >= 4 is 11.1 Å². The van der Waals surface area contributed by atoms with Crippen LogP contribution in [0.15, 0.2) is 78.9 Å². The van der Waals surface area contributed by atoms with Crippen LogP contribution in [0.3, 0.4) is 0 Å². The third-order valence-corrected chi connectivity index (χ3v) is 6.37. The van der Waals surface area contributed by atoms with Crippen LogP contribution in [0.25, 0.3) is 11.1 Å². The molecule has 0 saturated carbocycles. The van der Waals surface area contributed by atoms with Crippen LogP contribution < -0.4 is 5.32 Å². The van der Waals surface area contributed by atoms with Gasteiger partial charge in [-0.3, -0.25) is 0 Å². The highest BCUT2D eigenvalue weighted by Gasteiger charge is 2.19. The Hall–Kier alpha value is -2.88. The van der Waals surface area contributed by atoms with Gasteiger partial charge >= 0.3 is 0 Å². The van der Waals surface area contributed by atoms with Gasteiger partial charge in [-0.1, -0.05) is 107 Å². The van der Waals surface area contributed by atoms with Gasteiger partial charge in [0.1, 0.15) is 5.75 Å². The molecule has 0 radical (unpaired) electrons. The first-order chi connectivity index (χ1) is 17.7. The SMILES string of the molecule is CC.CCCC.OCCCC/C(=C(\c1ccc(O)cc1)c1ccc(C2CNC2)cc1)c1ccccc1. The van der Waals surface area contributed by atoms with E-state index < -0.39 is 0 Å². The van der Waals surface area contributed by atoms with Crippen molar-refractivity contribution < 1.29 is 10.2 Å². The number of aliphatic hydroxyl groups is 1. The second kappa shape index (κ2) is 16.7. The molecule has 0 atom stereocenters. The lowest BCUT2D eigenvalue weighted by Crippen LogP contribution is -2.39. The van der Waals surface area contributed by atoms with Crippen molar-refractivity contribution in [3.8, 4) is 5.75 Å². The summed E-state index contributed by atoms with van der Waals surface area (Å²) in [5.41, 5.74) is 7.31. The highest BCUT2D eigenvalue weighted by Crippen LogP contribution is 2.36. The molecule has 3 aromatic rings. The van der Waals surface area contributed by atoms with Crippen molar-refractivity contribution in [3.63, 3.8) is 0 Å². The van der Waals surface area contributed by atoms with Gasteiger partial charge in [0, 0.05) is 25.6 Å². The normalized spacial score (nSPS) is 13.4. The Morgan fingerprint density at radius 1 is 0.750 bits per heavy atom. The van der Waals surface area contributed by atoms with E-state index in [4.69, 9.17) is 0 Å². The molecule has 4 rings (SSSR count). The highest BCUT2D eigenvalue weighted by molar-refractivity contribution is 5.98. The molecule has 0 amide bonds. The van der Waals surface area contributed by atoms with Gasteiger partial charge in [0.15, 0.2) is 0 Å². The van der Waals surface area contributed by atoms with Crippen molar-refractivity contribution in [2.45, 2.75) is 65.7 Å². The molecular weight excluding hydrogens is 442 g/mol. The van der Waals surface area contributed by atoms with E-state index in [1.165, 1.54) is 40.7 Å². The van der Waals surface area contributed by atoms with Crippen LogP contribution in [-0.2, 0) is 0 Å². The summed E-state index contributed by atoms with van der Waals surface area (Å²) >= 11 is 0. The van der Waals surface area contributed by atoms with Gasteiger partial charge in [-0.25, -0.2) is 0 Å². The Morgan fingerprint density at radius 2 is 1.31 bits per heavy atom. The minimum Gasteiger partial charge on any atom is -0.508 e. The molecule has 0 spiro atoms. The van der Waals surface area contributed by atoms with E-state index in [2.05, 4.69) is 67.7 Å². The summed E-state index contributed by atoms with van der Waals surface area (Å²) < 4.78 is 0. The second-order valence-corrected chi connectivity index (χ2v) is 8.92. The first-order valence-corrected chi connectivity index (χ1v) is 13.7. The van der Waals surface area contributed by atoms with E-state index in [0.29, 0.717) is 5.92 Å². The molecule has 3 nitrogen and oxygen atoms in total. The monoisotopic (exact) mass is 487 g/mol. The van der Waals surface area contributed by atoms with Gasteiger partial charge in [-0.2, -0.15) is 0 Å². The second-order valence-electron chi connectivity index (χ2n) is 8.92. The van der Waals surface area contributed by atoms with Gasteiger partial charge in [-0.15, -0.1) is 0 Å². The predicted molar refractivity (Wildman–Crippen MR) is 155 cm³/mol. The fraction of sp³-hybridized carbons (Fsp3) is 0.394. The number of nitrogens with one attached hydrogen (secondary N) is 1. The number of allylic oxidation sites excluding steroid dienone is 1. The number of hydrogen-bond donors (Lipinski definition) is 3. The number of aliphatic hydroxyl groups excluding tert-OH is 1. The molecule has 1 fully saturated rings. The molecule has 3 heteroatoms. The lowest BCUT2D eigenvalue weighted by atomic mass is 9.85. The number of rotatable bonds is 9. The van der Waals surface area contributed by atoms with E-state index >= 15 is 0 Å². The largest absolute Gasteiger partial charge is 0.508 e. The first kappa shape index (κ1) is 29.4. The van der Waals surface area contributed by atoms with Gasteiger partial charge in [0.25, 0.3) is 0 Å². The van der Waals surface area contributed by atoms with Crippen LogP contribution in [-0.4, -0.2) is 29.9 Å². The molecule has 1 aliphatic rings. The Labute approximate surface area is 218 Å². The third-order valence-electron chi connectivity index (χ3n) is 6.37. The molecule has 1 saturated heterocycles. The fourth-order valence-electron chi connectivity index (χ4n) is 4.06. The van der Waals surface area contributed by atoms with Crippen LogP contribution in [0.1, 0.15) is 88.0 Å². The maximum atomic E-state index is 9.82. The van der Waals surface area contributed by atoms with Crippen molar-refractivity contribution in [1.29, 1.82) is 0 Å². The number of benzene rings is 3. The molecule has 194 valence electrons. The Morgan fingerprint density at radius 3 is 1.78 bits per heavy atom. The average Bonchev–Trinajstić information content (AvgIpc) is 2.91. The van der Waals surface area contributed by atoms with Crippen molar-refractivity contribution in [2.75, 3.05) is 19.7 Å². The zero-order valence-electron chi connectivity index (χ0n) is 22.6. The van der Waals surface area contributed by atoms with E-state index in [9.17, 15) is 10.2 Å². The minimum atomic E-state index is 0.209. The summed E-state index contributed by atoms with van der Waals surface area (Å²) in [5, 5.41) is 22.5. The standard InChI is InChI=1S/C27H29NO2.C4H10.C2H6/c29-17-5-4-8-26(21-6-2-1-3-7-21)27(23-13-15-25(30)16-14-23)22-11-9-20(10-12-22)24-18-28-19-24;1-3-4-2;1-2/h1-3,6-7,9-16,24,28-30H,4-5,8,17-19H2;3-4H2,1-2H3;1-2H3/b27-26+;;. The summed E-state index contributed by atoms with van der Waals surface area (Å²) in [7, 11) is 0. The summed E-state index contributed by atoms with van der Waals surface area (Å²) in [6.07, 6.45) is 5.23. The van der Waals surface area contributed by atoms with Crippen LogP contribution in [0.4, 0.5) is 0 Å². The quantitative estimate of drug-likeness (QED) is 0.211. The predicted octanol–water partition coefficient (Wildman–Crippen LogP) is 8.03. The molecule has 3 N–H and O–H groups in total. The maximum absolute atomic E-state index is 9.82. The fourth-order valence-corrected chi connectivity index (χ4v) is 4.06. The molecule has 0 aliphatic carbocycles. The van der Waals surface area contributed by atoms with Crippen molar-refractivity contribution in [2.24, 2.45) is 0 Å². The van der Waals surface area contributed by atoms with Gasteiger partial charge in [0.2, 0.25) is 0 Å². The van der Waals surface area contributed by atoms with E-state index in [1.54, 1.807) is 12.1 Å². The van der Waals surface area contributed by atoms with Gasteiger partial charge in [-0.05, 0) is 64.8 Å². The lowest BCUT2D eigenvalue weighted by molar-refractivity contribution is 0.285. The Kier molecular flexibility index (Phi) is 13.6. The number of aromatic hydroxyl groups is 1.